The van der Waals surface area contributed by atoms with E-state index in [2.05, 4.69) is 19.2 Å². The number of carbonyl (C=O) groups is 1. The molecular formula is C15H22Cl2N2O2. The van der Waals surface area contributed by atoms with Crippen molar-refractivity contribution in [2.75, 3.05) is 19.7 Å². The van der Waals surface area contributed by atoms with Gasteiger partial charge in [-0.2, -0.15) is 0 Å². The van der Waals surface area contributed by atoms with Crippen molar-refractivity contribution >= 4 is 29.9 Å². The first-order valence-corrected chi connectivity index (χ1v) is 7.37. The van der Waals surface area contributed by atoms with E-state index < -0.39 is 0 Å². The van der Waals surface area contributed by atoms with Gasteiger partial charge in [0.2, 0.25) is 5.91 Å². The van der Waals surface area contributed by atoms with E-state index >= 15 is 0 Å². The Kier molecular flexibility index (Phi) is 7.29. The van der Waals surface area contributed by atoms with Gasteiger partial charge in [-0.15, -0.1) is 12.4 Å². The molecule has 1 aliphatic rings. The lowest BCUT2D eigenvalue weighted by Crippen LogP contribution is -2.57. The third-order valence-corrected chi connectivity index (χ3v) is 4.00. The van der Waals surface area contributed by atoms with E-state index in [1.165, 1.54) is 0 Å². The van der Waals surface area contributed by atoms with Crippen molar-refractivity contribution in [1.82, 2.24) is 10.2 Å². The molecule has 6 heteroatoms. The lowest BCUT2D eigenvalue weighted by molar-refractivity contribution is -0.135. The number of carbonyl (C=O) groups excluding carboxylic acids is 1. The van der Waals surface area contributed by atoms with Gasteiger partial charge in [-0.3, -0.25) is 4.79 Å². The molecule has 2 unspecified atom stereocenters. The molecule has 2 rings (SSSR count). The van der Waals surface area contributed by atoms with Crippen LogP contribution in [-0.2, 0) is 4.79 Å². The average Bonchev–Trinajstić information content (AvgIpc) is 2.44. The maximum atomic E-state index is 12.2. The predicted octanol–water partition coefficient (Wildman–Crippen LogP) is 2.74. The Morgan fingerprint density at radius 3 is 2.71 bits per heavy atom. The minimum atomic E-state index is 0. The van der Waals surface area contributed by atoms with E-state index in [-0.39, 0.29) is 24.4 Å². The van der Waals surface area contributed by atoms with E-state index in [1.54, 1.807) is 12.1 Å². The van der Waals surface area contributed by atoms with Crippen LogP contribution in [0.2, 0.25) is 5.02 Å². The summed E-state index contributed by atoms with van der Waals surface area (Å²) >= 11 is 5.81. The second-order valence-electron chi connectivity index (χ2n) is 5.12. The molecule has 1 N–H and O–H groups in total. The van der Waals surface area contributed by atoms with E-state index in [4.69, 9.17) is 16.3 Å². The van der Waals surface area contributed by atoms with Gasteiger partial charge in [0.1, 0.15) is 5.75 Å². The lowest BCUT2D eigenvalue weighted by Gasteiger charge is -2.38. The van der Waals surface area contributed by atoms with Crippen LogP contribution < -0.4 is 10.1 Å². The quantitative estimate of drug-likeness (QED) is 0.921. The highest BCUT2D eigenvalue weighted by Gasteiger charge is 2.27. The summed E-state index contributed by atoms with van der Waals surface area (Å²) in [5.74, 6) is 0.892. The van der Waals surface area contributed by atoms with Crippen LogP contribution >= 0.6 is 24.0 Å². The van der Waals surface area contributed by atoms with E-state index in [9.17, 15) is 4.79 Å². The summed E-state index contributed by atoms with van der Waals surface area (Å²) in [5.41, 5.74) is 0. The van der Waals surface area contributed by atoms with E-state index in [0.29, 0.717) is 24.1 Å². The van der Waals surface area contributed by atoms with Gasteiger partial charge in [0.25, 0.3) is 0 Å². The maximum Gasteiger partial charge on any atom is 0.226 e. The lowest BCUT2D eigenvalue weighted by atomic mass is 10.1. The van der Waals surface area contributed by atoms with Crippen molar-refractivity contribution in [2.24, 2.45) is 0 Å². The third kappa shape index (κ3) is 5.06. The first-order chi connectivity index (χ1) is 9.58. The summed E-state index contributed by atoms with van der Waals surface area (Å²) in [4.78, 5) is 14.1. The van der Waals surface area contributed by atoms with Crippen molar-refractivity contribution in [3.05, 3.63) is 29.3 Å². The molecule has 1 aliphatic heterocycles. The van der Waals surface area contributed by atoms with Gasteiger partial charge in [-0.05, 0) is 38.1 Å². The van der Waals surface area contributed by atoms with Gasteiger partial charge in [-0.1, -0.05) is 11.6 Å². The molecule has 1 amide bonds. The zero-order valence-electron chi connectivity index (χ0n) is 12.3. The Bertz CT molecular complexity index is 453. The normalized spacial score (nSPS) is 21.6. The van der Waals surface area contributed by atoms with E-state index in [1.807, 2.05) is 17.0 Å². The fraction of sp³-hybridized carbons (Fsp3) is 0.533. The molecule has 21 heavy (non-hydrogen) atoms. The van der Waals surface area contributed by atoms with Gasteiger partial charge >= 0.3 is 0 Å². The predicted molar refractivity (Wildman–Crippen MR) is 87.5 cm³/mol. The van der Waals surface area contributed by atoms with Gasteiger partial charge < -0.3 is 15.0 Å². The second kappa shape index (κ2) is 8.47. The highest BCUT2D eigenvalue weighted by molar-refractivity contribution is 6.30. The number of ether oxygens (including phenoxy) is 1. The number of hydrogen-bond acceptors (Lipinski definition) is 3. The highest BCUT2D eigenvalue weighted by atomic mass is 35.5. The number of nitrogens with one attached hydrogen (secondary N) is 1. The molecule has 0 spiro atoms. The Morgan fingerprint density at radius 1 is 1.38 bits per heavy atom. The Labute approximate surface area is 137 Å². The fourth-order valence-corrected chi connectivity index (χ4v) is 2.47. The largest absolute Gasteiger partial charge is 0.493 e. The van der Waals surface area contributed by atoms with Gasteiger partial charge in [-0.25, -0.2) is 0 Å². The molecular weight excluding hydrogens is 311 g/mol. The van der Waals surface area contributed by atoms with Gasteiger partial charge in [0, 0.05) is 30.2 Å². The molecule has 0 bridgehead atoms. The minimum absolute atomic E-state index is 0. The zero-order chi connectivity index (χ0) is 14.5. The topological polar surface area (TPSA) is 41.6 Å². The molecule has 2 atom stereocenters. The Balaban J connectivity index is 0.00000220. The summed E-state index contributed by atoms with van der Waals surface area (Å²) in [6.07, 6.45) is 0.402. The van der Waals surface area contributed by atoms with Crippen LogP contribution in [0.25, 0.3) is 0 Å². The summed E-state index contributed by atoms with van der Waals surface area (Å²) in [5, 5.41) is 4.04. The first-order valence-electron chi connectivity index (χ1n) is 6.99. The fourth-order valence-electron chi connectivity index (χ4n) is 2.34. The monoisotopic (exact) mass is 332 g/mol. The van der Waals surface area contributed by atoms with Crippen LogP contribution in [0.1, 0.15) is 20.3 Å². The van der Waals surface area contributed by atoms with Crippen LogP contribution in [0.4, 0.5) is 0 Å². The van der Waals surface area contributed by atoms with Crippen molar-refractivity contribution in [3.63, 3.8) is 0 Å². The zero-order valence-corrected chi connectivity index (χ0v) is 13.9. The van der Waals surface area contributed by atoms with Crippen LogP contribution in [0, 0.1) is 0 Å². The molecule has 1 heterocycles. The van der Waals surface area contributed by atoms with E-state index in [0.717, 1.165) is 18.8 Å². The molecule has 0 aliphatic carbocycles. The van der Waals surface area contributed by atoms with Crippen LogP contribution in [0.3, 0.4) is 0 Å². The standard InChI is InChI=1S/C15H21ClN2O2.ClH/c1-11-12(2)18(9-8-17-11)15(19)7-10-20-14-5-3-13(16)4-6-14;/h3-6,11-12,17H,7-10H2,1-2H3;1H. The summed E-state index contributed by atoms with van der Waals surface area (Å²) in [7, 11) is 0. The molecule has 4 nitrogen and oxygen atoms in total. The van der Waals surface area contributed by atoms with Crippen LogP contribution in [0.15, 0.2) is 24.3 Å². The molecule has 1 saturated heterocycles. The third-order valence-electron chi connectivity index (χ3n) is 3.75. The number of hydrogen-bond donors (Lipinski definition) is 1. The number of benzene rings is 1. The summed E-state index contributed by atoms with van der Waals surface area (Å²) in [6, 6.07) is 7.74. The molecule has 1 fully saturated rings. The summed E-state index contributed by atoms with van der Waals surface area (Å²) < 4.78 is 5.56. The Morgan fingerprint density at radius 2 is 2.05 bits per heavy atom. The minimum Gasteiger partial charge on any atom is -0.493 e. The van der Waals surface area contributed by atoms with Crippen molar-refractivity contribution in [3.8, 4) is 5.75 Å². The molecule has 118 valence electrons. The smallest absolute Gasteiger partial charge is 0.226 e. The summed E-state index contributed by atoms with van der Waals surface area (Å²) in [6.45, 7) is 6.20. The van der Waals surface area contributed by atoms with Gasteiger partial charge in [0.15, 0.2) is 0 Å². The number of halogens is 2. The molecule has 0 saturated carbocycles. The number of amides is 1. The average molecular weight is 333 g/mol. The maximum absolute atomic E-state index is 12.2. The first kappa shape index (κ1) is 18.1. The Hall–Kier alpha value is -0.970. The van der Waals surface area contributed by atoms with Crippen LogP contribution in [-0.4, -0.2) is 42.6 Å². The molecule has 1 aromatic carbocycles. The number of nitrogens with zero attached hydrogens (tertiary/aromatic N) is 1. The number of rotatable bonds is 4. The SMILES string of the molecule is CC1NCCN(C(=O)CCOc2ccc(Cl)cc2)C1C.Cl. The molecule has 0 radical (unpaired) electrons. The van der Waals surface area contributed by atoms with Gasteiger partial charge in [0.05, 0.1) is 13.0 Å². The number of piperazine rings is 1. The highest BCUT2D eigenvalue weighted by Crippen LogP contribution is 2.16. The van der Waals surface area contributed by atoms with Crippen molar-refractivity contribution < 1.29 is 9.53 Å². The molecule has 1 aromatic rings. The second-order valence-corrected chi connectivity index (χ2v) is 5.56. The van der Waals surface area contributed by atoms with Crippen LogP contribution in [0.5, 0.6) is 5.75 Å². The van der Waals surface area contributed by atoms with Crippen molar-refractivity contribution in [1.29, 1.82) is 0 Å². The molecule has 0 aromatic heterocycles. The van der Waals surface area contributed by atoms with Crippen molar-refractivity contribution in [2.45, 2.75) is 32.4 Å².